The van der Waals surface area contributed by atoms with Gasteiger partial charge in [-0.1, -0.05) is 19.3 Å². The Labute approximate surface area is 138 Å². The van der Waals surface area contributed by atoms with Gasteiger partial charge in [0.15, 0.2) is 0 Å². The molecule has 0 aromatic heterocycles. The van der Waals surface area contributed by atoms with Crippen molar-refractivity contribution in [2.24, 2.45) is 5.92 Å². The van der Waals surface area contributed by atoms with E-state index in [1.54, 1.807) is 0 Å². The molecule has 1 aliphatic carbocycles. The van der Waals surface area contributed by atoms with Gasteiger partial charge in [-0.25, -0.2) is 0 Å². The van der Waals surface area contributed by atoms with Crippen LogP contribution in [0.15, 0.2) is 24.3 Å². The van der Waals surface area contributed by atoms with Crippen LogP contribution in [0, 0.1) is 5.92 Å². The van der Waals surface area contributed by atoms with E-state index in [-0.39, 0.29) is 11.8 Å². The average molecular weight is 314 g/mol. The Bertz CT molecular complexity index is 547. The van der Waals surface area contributed by atoms with Gasteiger partial charge < -0.3 is 10.2 Å². The Morgan fingerprint density at radius 1 is 1.04 bits per heavy atom. The van der Waals surface area contributed by atoms with Crippen molar-refractivity contribution in [2.75, 3.05) is 16.8 Å². The fourth-order valence-electron chi connectivity index (χ4n) is 3.67. The summed E-state index contributed by atoms with van der Waals surface area (Å²) in [6, 6.07) is 7.66. The minimum atomic E-state index is 0.110. The number of carbonyl (C=O) groups is 2. The molecule has 3 rings (SSSR count). The fourth-order valence-corrected chi connectivity index (χ4v) is 3.67. The molecule has 0 spiro atoms. The van der Waals surface area contributed by atoms with E-state index in [2.05, 4.69) is 5.32 Å². The van der Waals surface area contributed by atoms with Crippen LogP contribution in [0.25, 0.3) is 0 Å². The maximum absolute atomic E-state index is 12.1. The second kappa shape index (κ2) is 7.62. The van der Waals surface area contributed by atoms with Crippen molar-refractivity contribution < 1.29 is 9.59 Å². The van der Waals surface area contributed by atoms with Crippen molar-refractivity contribution in [2.45, 2.75) is 57.8 Å². The first-order valence-corrected chi connectivity index (χ1v) is 8.92. The highest BCUT2D eigenvalue weighted by atomic mass is 16.2. The number of nitrogens with zero attached hydrogens (tertiary/aromatic N) is 1. The molecular formula is C19H26N2O2. The highest BCUT2D eigenvalue weighted by Gasteiger charge is 2.20. The first-order chi connectivity index (χ1) is 11.2. The number of carbonyl (C=O) groups excluding carboxylic acids is 2. The Hall–Kier alpha value is -1.84. The minimum Gasteiger partial charge on any atom is -0.326 e. The summed E-state index contributed by atoms with van der Waals surface area (Å²) in [5.74, 6) is 0.859. The van der Waals surface area contributed by atoms with Crippen LogP contribution in [0.1, 0.15) is 57.8 Å². The van der Waals surface area contributed by atoms with E-state index in [0.717, 1.165) is 30.8 Å². The van der Waals surface area contributed by atoms with Crippen LogP contribution in [0.4, 0.5) is 11.4 Å². The van der Waals surface area contributed by atoms with Gasteiger partial charge in [0, 0.05) is 30.8 Å². The topological polar surface area (TPSA) is 49.4 Å². The summed E-state index contributed by atoms with van der Waals surface area (Å²) in [6.45, 7) is 0.798. The molecule has 0 atom stereocenters. The molecule has 2 fully saturated rings. The second-order valence-electron chi connectivity index (χ2n) is 6.81. The average Bonchev–Trinajstić information content (AvgIpc) is 2.57. The summed E-state index contributed by atoms with van der Waals surface area (Å²) in [7, 11) is 0. The molecule has 1 heterocycles. The second-order valence-corrected chi connectivity index (χ2v) is 6.81. The van der Waals surface area contributed by atoms with E-state index < -0.39 is 0 Å². The molecule has 4 heteroatoms. The van der Waals surface area contributed by atoms with Gasteiger partial charge in [-0.05, 0) is 55.9 Å². The Morgan fingerprint density at radius 3 is 2.48 bits per heavy atom. The quantitative estimate of drug-likeness (QED) is 0.909. The first kappa shape index (κ1) is 16.0. The van der Waals surface area contributed by atoms with E-state index in [9.17, 15) is 9.59 Å². The standard InChI is InChI=1S/C19H26N2O2/c22-18(14-15-6-2-1-3-7-15)20-16-9-11-17(12-10-16)21-13-5-4-8-19(21)23/h9-12,15H,1-8,13-14H2,(H,20,22). The van der Waals surface area contributed by atoms with Gasteiger partial charge in [-0.3, -0.25) is 9.59 Å². The van der Waals surface area contributed by atoms with Crippen molar-refractivity contribution in [3.63, 3.8) is 0 Å². The molecule has 0 radical (unpaired) electrons. The van der Waals surface area contributed by atoms with Crippen molar-refractivity contribution in [1.29, 1.82) is 0 Å². The van der Waals surface area contributed by atoms with Crippen molar-refractivity contribution in [1.82, 2.24) is 0 Å². The Balaban J connectivity index is 1.54. The number of anilines is 2. The summed E-state index contributed by atoms with van der Waals surface area (Å²) in [4.78, 5) is 25.9. The van der Waals surface area contributed by atoms with E-state index >= 15 is 0 Å². The third-order valence-electron chi connectivity index (χ3n) is 4.98. The molecule has 1 aliphatic heterocycles. The highest BCUT2D eigenvalue weighted by molar-refractivity contribution is 5.95. The van der Waals surface area contributed by atoms with E-state index in [1.807, 2.05) is 29.2 Å². The summed E-state index contributed by atoms with van der Waals surface area (Å²) < 4.78 is 0. The van der Waals surface area contributed by atoms with E-state index in [4.69, 9.17) is 0 Å². The van der Waals surface area contributed by atoms with Crippen molar-refractivity contribution in [3.05, 3.63) is 24.3 Å². The van der Waals surface area contributed by atoms with Gasteiger partial charge in [0.05, 0.1) is 0 Å². The minimum absolute atomic E-state index is 0.110. The molecule has 0 bridgehead atoms. The van der Waals surface area contributed by atoms with Crippen molar-refractivity contribution >= 4 is 23.2 Å². The monoisotopic (exact) mass is 314 g/mol. The zero-order valence-corrected chi connectivity index (χ0v) is 13.7. The summed E-state index contributed by atoms with van der Waals surface area (Å²) in [5.41, 5.74) is 1.75. The number of piperidine rings is 1. The van der Waals surface area contributed by atoms with Gasteiger partial charge in [-0.2, -0.15) is 0 Å². The van der Waals surface area contributed by atoms with E-state index in [1.165, 1.54) is 32.1 Å². The Morgan fingerprint density at radius 2 is 1.78 bits per heavy atom. The van der Waals surface area contributed by atoms with Crippen LogP contribution < -0.4 is 10.2 Å². The molecule has 1 aromatic carbocycles. The van der Waals surface area contributed by atoms with Gasteiger partial charge in [0.25, 0.3) is 0 Å². The maximum atomic E-state index is 12.1. The summed E-state index contributed by atoms with van der Waals surface area (Å²) >= 11 is 0. The molecule has 1 saturated heterocycles. The number of rotatable bonds is 4. The maximum Gasteiger partial charge on any atom is 0.226 e. The fraction of sp³-hybridized carbons (Fsp3) is 0.579. The largest absolute Gasteiger partial charge is 0.326 e. The SMILES string of the molecule is O=C(CC1CCCCC1)Nc1ccc(N2CCCCC2=O)cc1. The van der Waals surface area contributed by atoms with Crippen LogP contribution >= 0.6 is 0 Å². The number of nitrogens with one attached hydrogen (secondary N) is 1. The van der Waals surface area contributed by atoms with Crippen LogP contribution in [-0.2, 0) is 9.59 Å². The van der Waals surface area contributed by atoms with Crippen LogP contribution in [-0.4, -0.2) is 18.4 Å². The number of amides is 2. The molecular weight excluding hydrogens is 288 g/mol. The third-order valence-corrected chi connectivity index (χ3v) is 4.98. The molecule has 124 valence electrons. The molecule has 0 unspecified atom stereocenters. The van der Waals surface area contributed by atoms with Crippen LogP contribution in [0.2, 0.25) is 0 Å². The zero-order chi connectivity index (χ0) is 16.1. The lowest BCUT2D eigenvalue weighted by Gasteiger charge is -2.27. The lowest BCUT2D eigenvalue weighted by atomic mass is 9.87. The van der Waals surface area contributed by atoms with Gasteiger partial charge in [-0.15, -0.1) is 0 Å². The van der Waals surface area contributed by atoms with Gasteiger partial charge in [0.1, 0.15) is 0 Å². The summed E-state index contributed by atoms with van der Waals surface area (Å²) in [6.07, 6.45) is 9.52. The molecule has 2 amide bonds. The first-order valence-electron chi connectivity index (χ1n) is 8.92. The number of hydrogen-bond acceptors (Lipinski definition) is 2. The summed E-state index contributed by atoms with van der Waals surface area (Å²) in [5, 5.41) is 2.99. The molecule has 1 saturated carbocycles. The lowest BCUT2D eigenvalue weighted by Crippen LogP contribution is -2.35. The predicted octanol–water partition coefficient (Wildman–Crippen LogP) is 4.11. The molecule has 4 nitrogen and oxygen atoms in total. The van der Waals surface area contributed by atoms with Gasteiger partial charge >= 0.3 is 0 Å². The third kappa shape index (κ3) is 4.34. The van der Waals surface area contributed by atoms with Crippen molar-refractivity contribution in [3.8, 4) is 0 Å². The molecule has 1 aromatic rings. The van der Waals surface area contributed by atoms with Crippen LogP contribution in [0.5, 0.6) is 0 Å². The zero-order valence-electron chi connectivity index (χ0n) is 13.7. The van der Waals surface area contributed by atoms with Crippen LogP contribution in [0.3, 0.4) is 0 Å². The number of hydrogen-bond donors (Lipinski definition) is 1. The normalized spacial score (nSPS) is 19.7. The van der Waals surface area contributed by atoms with Gasteiger partial charge in [0.2, 0.25) is 11.8 Å². The highest BCUT2D eigenvalue weighted by Crippen LogP contribution is 2.27. The molecule has 2 aliphatic rings. The molecule has 1 N–H and O–H groups in total. The number of benzene rings is 1. The lowest BCUT2D eigenvalue weighted by molar-refractivity contribution is -0.119. The smallest absolute Gasteiger partial charge is 0.226 e. The Kier molecular flexibility index (Phi) is 5.31. The predicted molar refractivity (Wildman–Crippen MR) is 92.5 cm³/mol. The molecule has 23 heavy (non-hydrogen) atoms. The van der Waals surface area contributed by atoms with E-state index in [0.29, 0.717) is 18.8 Å².